The summed E-state index contributed by atoms with van der Waals surface area (Å²) in [6.45, 7) is 0. The van der Waals surface area contributed by atoms with Crippen molar-refractivity contribution in [1.29, 1.82) is 0 Å². The lowest BCUT2D eigenvalue weighted by Gasteiger charge is -2.35. The zero-order chi connectivity index (χ0) is 32.1. The number of thiophene rings is 1. The Labute approximate surface area is 287 Å². The number of para-hydroxylation sites is 3. The number of rotatable bonds is 2. The van der Waals surface area contributed by atoms with Gasteiger partial charge >= 0.3 is 0 Å². The molecule has 7 aromatic carbocycles. The number of nitrogens with zero attached hydrogens (tertiary/aromatic N) is 2. The molecule has 0 saturated heterocycles. The quantitative estimate of drug-likeness (QED) is 0.184. The van der Waals surface area contributed by atoms with E-state index in [-0.39, 0.29) is 0 Å². The average Bonchev–Trinajstić information content (AvgIpc) is 3.80. The molecular weight excluding hydrogens is 613 g/mol. The van der Waals surface area contributed by atoms with Crippen molar-refractivity contribution < 1.29 is 0 Å². The van der Waals surface area contributed by atoms with Gasteiger partial charge in [-0.3, -0.25) is 4.57 Å². The normalized spacial score (nSPS) is 15.8. The molecule has 0 N–H and O–H groups in total. The van der Waals surface area contributed by atoms with Gasteiger partial charge in [-0.2, -0.15) is 0 Å². The van der Waals surface area contributed by atoms with Crippen LogP contribution in [0.4, 0.5) is 0 Å². The molecule has 2 aromatic heterocycles. The molecule has 49 heavy (non-hydrogen) atoms. The van der Waals surface area contributed by atoms with Crippen LogP contribution in [-0.2, 0) is 5.41 Å². The second-order valence-corrected chi connectivity index (χ2v) is 14.1. The summed E-state index contributed by atoms with van der Waals surface area (Å²) in [6, 6.07) is 57.8. The maximum Gasteiger partial charge on any atom is 0.145 e. The molecule has 9 aromatic rings. The highest BCUT2D eigenvalue weighted by atomic mass is 32.1. The fourth-order valence-electron chi connectivity index (χ4n) is 8.65. The number of aromatic nitrogens is 2. The third-order valence-corrected chi connectivity index (χ3v) is 11.9. The van der Waals surface area contributed by atoms with Gasteiger partial charge in [0.25, 0.3) is 0 Å². The van der Waals surface area contributed by atoms with Gasteiger partial charge in [0.05, 0.1) is 16.4 Å². The molecule has 0 radical (unpaired) electrons. The number of fused-ring (bicyclic) bond motifs is 14. The van der Waals surface area contributed by atoms with Crippen LogP contribution in [-0.4, -0.2) is 9.55 Å². The van der Waals surface area contributed by atoms with Crippen molar-refractivity contribution in [1.82, 2.24) is 9.55 Å². The Kier molecular flexibility index (Phi) is 5.50. The van der Waals surface area contributed by atoms with Crippen molar-refractivity contribution in [2.45, 2.75) is 5.41 Å². The molecule has 11 rings (SSSR count). The van der Waals surface area contributed by atoms with Crippen LogP contribution in [0.5, 0.6) is 0 Å². The third-order valence-electron chi connectivity index (χ3n) is 10.6. The van der Waals surface area contributed by atoms with E-state index in [0.29, 0.717) is 0 Å². The molecule has 1 spiro atoms. The predicted octanol–water partition coefficient (Wildman–Crippen LogP) is 11.9. The lowest BCUT2D eigenvalue weighted by atomic mass is 9.65. The molecule has 0 saturated carbocycles. The first kappa shape index (κ1) is 27.0. The average molecular weight is 641 g/mol. The first-order valence-corrected chi connectivity index (χ1v) is 17.6. The van der Waals surface area contributed by atoms with Crippen LogP contribution >= 0.6 is 11.3 Å². The smallest absolute Gasteiger partial charge is 0.145 e. The van der Waals surface area contributed by atoms with Gasteiger partial charge in [0.1, 0.15) is 5.82 Å². The van der Waals surface area contributed by atoms with Crippen molar-refractivity contribution >= 4 is 54.7 Å². The Morgan fingerprint density at radius 1 is 0.531 bits per heavy atom. The second-order valence-electron chi connectivity index (χ2n) is 13.1. The van der Waals surface area contributed by atoms with E-state index >= 15 is 0 Å². The van der Waals surface area contributed by atoms with Gasteiger partial charge in [-0.15, -0.1) is 11.3 Å². The third kappa shape index (κ3) is 3.57. The van der Waals surface area contributed by atoms with E-state index in [9.17, 15) is 0 Å². The lowest BCUT2D eigenvalue weighted by molar-refractivity contribution is 0.767. The van der Waals surface area contributed by atoms with Gasteiger partial charge < -0.3 is 0 Å². The van der Waals surface area contributed by atoms with Crippen molar-refractivity contribution in [3.05, 3.63) is 191 Å². The highest BCUT2D eigenvalue weighted by Crippen LogP contribution is 2.61. The SMILES string of the molecule is C1=Cc2ccc(-c3nc4ccccc4n3-c3ccccc3)cc2C2(c3ccccc31)c1ccccc1-c1c2ccc2c1sc1ccccc12. The Morgan fingerprint density at radius 3 is 2.18 bits per heavy atom. The minimum atomic E-state index is -0.522. The summed E-state index contributed by atoms with van der Waals surface area (Å²) >= 11 is 1.92. The Morgan fingerprint density at radius 2 is 1.27 bits per heavy atom. The fourth-order valence-corrected chi connectivity index (χ4v) is 9.92. The van der Waals surface area contributed by atoms with E-state index in [1.165, 1.54) is 64.7 Å². The highest BCUT2D eigenvalue weighted by molar-refractivity contribution is 7.26. The molecule has 2 nitrogen and oxygen atoms in total. The molecule has 0 aliphatic heterocycles. The van der Waals surface area contributed by atoms with Crippen LogP contribution in [0.1, 0.15) is 33.4 Å². The molecule has 228 valence electrons. The van der Waals surface area contributed by atoms with Gasteiger partial charge in [-0.25, -0.2) is 4.98 Å². The standard InChI is InChI=1S/C46H28N2S/c1-2-13-32(14-3-1)48-41-20-10-9-19-40(41)47-45(48)31-25-24-30-23-22-29-12-4-7-17-36(29)46(39(30)28-31)37-18-8-5-16-35(37)43-38(46)27-26-34-33-15-6-11-21-42(33)49-44(34)43/h1-28H. The number of imidazole rings is 1. The van der Waals surface area contributed by atoms with Crippen LogP contribution in [0.2, 0.25) is 0 Å². The number of hydrogen-bond donors (Lipinski definition) is 0. The minimum Gasteiger partial charge on any atom is -0.292 e. The van der Waals surface area contributed by atoms with Gasteiger partial charge in [0.15, 0.2) is 0 Å². The summed E-state index contributed by atoms with van der Waals surface area (Å²) in [6.07, 6.45) is 4.62. The first-order valence-electron chi connectivity index (χ1n) is 16.8. The van der Waals surface area contributed by atoms with Crippen LogP contribution < -0.4 is 0 Å². The molecule has 1 atom stereocenters. The van der Waals surface area contributed by atoms with Crippen LogP contribution in [0, 0.1) is 0 Å². The van der Waals surface area contributed by atoms with Gasteiger partial charge in [0, 0.05) is 37.0 Å². The van der Waals surface area contributed by atoms with E-state index < -0.39 is 5.41 Å². The maximum atomic E-state index is 5.29. The van der Waals surface area contributed by atoms with Crippen molar-refractivity contribution in [2.75, 3.05) is 0 Å². The summed E-state index contributed by atoms with van der Waals surface area (Å²) in [7, 11) is 0. The van der Waals surface area contributed by atoms with E-state index in [0.717, 1.165) is 28.1 Å². The summed E-state index contributed by atoms with van der Waals surface area (Å²) < 4.78 is 5.00. The zero-order valence-electron chi connectivity index (χ0n) is 26.5. The first-order chi connectivity index (χ1) is 24.3. The van der Waals surface area contributed by atoms with Crippen molar-refractivity contribution in [3.63, 3.8) is 0 Å². The molecule has 0 bridgehead atoms. The summed E-state index contributed by atoms with van der Waals surface area (Å²) in [4.78, 5) is 5.29. The summed E-state index contributed by atoms with van der Waals surface area (Å²) in [5, 5.41) is 2.66. The summed E-state index contributed by atoms with van der Waals surface area (Å²) in [5.41, 5.74) is 14.2. The van der Waals surface area contributed by atoms with Crippen molar-refractivity contribution in [2.24, 2.45) is 0 Å². The number of benzene rings is 7. The Balaban J connectivity index is 1.28. The monoisotopic (exact) mass is 640 g/mol. The molecular formula is C46H28N2S. The van der Waals surface area contributed by atoms with Gasteiger partial charge in [-0.1, -0.05) is 133 Å². The van der Waals surface area contributed by atoms with Crippen molar-refractivity contribution in [3.8, 4) is 28.2 Å². The largest absolute Gasteiger partial charge is 0.292 e. The molecule has 0 fully saturated rings. The molecule has 2 aliphatic carbocycles. The number of hydrogen-bond acceptors (Lipinski definition) is 2. The van der Waals surface area contributed by atoms with E-state index in [1.54, 1.807) is 0 Å². The molecule has 0 amide bonds. The maximum absolute atomic E-state index is 5.29. The van der Waals surface area contributed by atoms with Gasteiger partial charge in [-0.05, 0) is 75.3 Å². The van der Waals surface area contributed by atoms with Crippen LogP contribution in [0.3, 0.4) is 0 Å². The highest BCUT2D eigenvalue weighted by Gasteiger charge is 2.49. The molecule has 2 heterocycles. The van der Waals surface area contributed by atoms with Gasteiger partial charge in [0.2, 0.25) is 0 Å². The molecule has 3 heteroatoms. The minimum absolute atomic E-state index is 0.522. The molecule has 1 unspecified atom stereocenters. The van der Waals surface area contributed by atoms with E-state index in [1.807, 2.05) is 11.3 Å². The van der Waals surface area contributed by atoms with Crippen LogP contribution in [0.15, 0.2) is 158 Å². The lowest BCUT2D eigenvalue weighted by Crippen LogP contribution is -2.30. The Hall–Kier alpha value is -6.03. The summed E-state index contributed by atoms with van der Waals surface area (Å²) in [5.74, 6) is 0.943. The second kappa shape index (κ2) is 9.99. The zero-order valence-corrected chi connectivity index (χ0v) is 27.3. The van der Waals surface area contributed by atoms with Crippen LogP contribution in [0.25, 0.3) is 71.6 Å². The predicted molar refractivity (Wildman–Crippen MR) is 206 cm³/mol. The topological polar surface area (TPSA) is 17.8 Å². The fraction of sp³-hybridized carbons (Fsp3) is 0.0217. The van der Waals surface area contributed by atoms with E-state index in [4.69, 9.17) is 4.98 Å². The Bertz CT molecular complexity index is 2840. The molecule has 2 aliphatic rings. The van der Waals surface area contributed by atoms with E-state index in [2.05, 4.69) is 174 Å².